The molecule has 2 aliphatic carbocycles. The number of aromatic nitrogens is 4. The molecule has 4 aromatic rings. The number of carbonyl (C=O) groups excluding carboxylic acids is 1. The number of carbonyl (C=O) groups is 1. The third-order valence-corrected chi connectivity index (χ3v) is 8.29. The van der Waals surface area contributed by atoms with E-state index in [9.17, 15) is 4.79 Å². The van der Waals surface area contributed by atoms with Gasteiger partial charge in [-0.25, -0.2) is 4.98 Å². The van der Waals surface area contributed by atoms with Crippen molar-refractivity contribution < 1.29 is 4.79 Å². The smallest absolute Gasteiger partial charge is 0.165 e. The molecule has 2 saturated carbocycles. The van der Waals surface area contributed by atoms with Gasteiger partial charge in [-0.3, -0.25) is 9.78 Å². The molecule has 3 aromatic heterocycles. The summed E-state index contributed by atoms with van der Waals surface area (Å²) in [6, 6.07) is 14.2. The van der Waals surface area contributed by atoms with Crippen LogP contribution < -0.4 is 11.1 Å². The Hall–Kier alpha value is -3.58. The molecule has 7 rings (SSSR count). The molecule has 1 aromatic carbocycles. The Labute approximate surface area is 197 Å². The lowest BCUT2D eigenvalue weighted by Crippen LogP contribution is -2.59. The first-order chi connectivity index (χ1) is 16.5. The highest BCUT2D eigenvalue weighted by Gasteiger charge is 2.66. The number of nitrogens with zero attached hydrogens (tertiary/aromatic N) is 4. The largest absolute Gasteiger partial charge is 0.383 e. The molecule has 0 amide bonds. The van der Waals surface area contributed by atoms with Gasteiger partial charge in [0.05, 0.1) is 23.1 Å². The number of Topliss-reactive ketones (excluding diaryl/α,β-unsaturated/α-hetero) is 1. The van der Waals surface area contributed by atoms with Gasteiger partial charge in [0.15, 0.2) is 11.4 Å². The van der Waals surface area contributed by atoms with Gasteiger partial charge in [0.2, 0.25) is 0 Å². The summed E-state index contributed by atoms with van der Waals surface area (Å²) in [5.41, 5.74) is 12.8. The average Bonchev–Trinajstić information content (AvgIpc) is 3.46. The minimum Gasteiger partial charge on any atom is -0.383 e. The third kappa shape index (κ3) is 2.73. The van der Waals surface area contributed by atoms with E-state index in [4.69, 9.17) is 10.7 Å². The second-order valence-corrected chi connectivity index (χ2v) is 10.1. The van der Waals surface area contributed by atoms with Crippen LogP contribution >= 0.6 is 0 Å². The van der Waals surface area contributed by atoms with Crippen LogP contribution in [0, 0.1) is 11.8 Å². The van der Waals surface area contributed by atoms with Crippen molar-refractivity contribution in [1.29, 1.82) is 0 Å². The fourth-order valence-corrected chi connectivity index (χ4v) is 6.39. The Kier molecular flexibility index (Phi) is 4.06. The Bertz CT molecular complexity index is 1440. The zero-order valence-corrected chi connectivity index (χ0v) is 19.0. The predicted molar refractivity (Wildman–Crippen MR) is 130 cm³/mol. The van der Waals surface area contributed by atoms with Crippen molar-refractivity contribution in [3.8, 4) is 22.4 Å². The lowest BCUT2D eigenvalue weighted by atomic mass is 9.71. The molecule has 7 nitrogen and oxygen atoms in total. The Morgan fingerprint density at radius 1 is 1.09 bits per heavy atom. The number of anilines is 1. The van der Waals surface area contributed by atoms with E-state index < -0.39 is 0 Å². The molecule has 4 heterocycles. The molecule has 0 radical (unpaired) electrons. The van der Waals surface area contributed by atoms with Crippen molar-refractivity contribution in [2.45, 2.75) is 37.6 Å². The number of benzene rings is 1. The molecular weight excluding hydrogens is 424 g/mol. The highest BCUT2D eigenvalue weighted by molar-refractivity contribution is 6.00. The lowest BCUT2D eigenvalue weighted by molar-refractivity contribution is 0.101. The molecule has 3 aliphatic rings. The standard InChI is InChI=1S/C27H26N6O/c1-15(34)23-24(18-9-19-11-27(19)20(10-18)13-30-27)32-26-21(14-31-33(26)25(23)28)17-7-8-22(29-12-17)16-5-3-2-4-6-16/h2-8,12,14,18-20,30H,9-11,13,28H2,1H3. The highest BCUT2D eigenvalue weighted by atomic mass is 16.1. The molecule has 7 heteroatoms. The number of nitrogen functional groups attached to an aromatic ring is 1. The number of ketones is 1. The first-order valence-electron chi connectivity index (χ1n) is 12.0. The van der Waals surface area contributed by atoms with Gasteiger partial charge in [-0.05, 0) is 44.1 Å². The van der Waals surface area contributed by atoms with Crippen LogP contribution in [0.3, 0.4) is 0 Å². The van der Waals surface area contributed by atoms with Crippen molar-refractivity contribution in [3.05, 3.63) is 66.1 Å². The van der Waals surface area contributed by atoms with E-state index in [1.807, 2.05) is 48.7 Å². The number of nitrogens with two attached hydrogens (primary N) is 1. The molecule has 170 valence electrons. The van der Waals surface area contributed by atoms with E-state index in [-0.39, 0.29) is 11.7 Å². The minimum absolute atomic E-state index is 0.0489. The predicted octanol–water partition coefficient (Wildman–Crippen LogP) is 4.10. The van der Waals surface area contributed by atoms with Crippen molar-refractivity contribution in [2.24, 2.45) is 11.8 Å². The van der Waals surface area contributed by atoms with Crippen LogP contribution in [-0.2, 0) is 0 Å². The van der Waals surface area contributed by atoms with Gasteiger partial charge in [-0.15, -0.1) is 0 Å². The summed E-state index contributed by atoms with van der Waals surface area (Å²) in [6.45, 7) is 2.64. The maximum Gasteiger partial charge on any atom is 0.165 e. The summed E-state index contributed by atoms with van der Waals surface area (Å²) in [4.78, 5) is 22.4. The molecule has 4 unspecified atom stereocenters. The van der Waals surface area contributed by atoms with Gasteiger partial charge >= 0.3 is 0 Å². The van der Waals surface area contributed by atoms with E-state index in [2.05, 4.69) is 15.4 Å². The number of fused-ring (bicyclic) bond motifs is 1. The van der Waals surface area contributed by atoms with Crippen molar-refractivity contribution in [2.75, 3.05) is 12.3 Å². The van der Waals surface area contributed by atoms with Gasteiger partial charge in [0.25, 0.3) is 0 Å². The lowest BCUT2D eigenvalue weighted by Gasteiger charge is -2.45. The fraction of sp³-hybridized carbons (Fsp3) is 0.333. The van der Waals surface area contributed by atoms with Gasteiger partial charge in [-0.2, -0.15) is 9.61 Å². The quantitative estimate of drug-likeness (QED) is 0.454. The molecule has 1 spiro atoms. The first-order valence-corrected chi connectivity index (χ1v) is 12.0. The molecule has 4 atom stereocenters. The summed E-state index contributed by atoms with van der Waals surface area (Å²) in [5.74, 6) is 1.94. The SMILES string of the molecule is CC(=O)c1c(C2CC3CNC34CC4C2)nc2c(-c3ccc(-c4ccccc4)nc3)cnn2c1N. The van der Waals surface area contributed by atoms with Crippen LogP contribution in [0.5, 0.6) is 0 Å². The van der Waals surface area contributed by atoms with E-state index >= 15 is 0 Å². The van der Waals surface area contributed by atoms with Crippen molar-refractivity contribution in [1.82, 2.24) is 24.9 Å². The molecular formula is C27H26N6O. The number of nitrogens with one attached hydrogen (secondary N) is 1. The summed E-state index contributed by atoms with van der Waals surface area (Å²) < 4.78 is 1.61. The number of pyridine rings is 1. The zero-order chi connectivity index (χ0) is 23.0. The molecule has 34 heavy (non-hydrogen) atoms. The molecule has 1 saturated heterocycles. The van der Waals surface area contributed by atoms with Gasteiger partial charge in [0, 0.05) is 40.9 Å². The highest BCUT2D eigenvalue weighted by Crippen LogP contribution is 2.63. The zero-order valence-electron chi connectivity index (χ0n) is 19.0. The van der Waals surface area contributed by atoms with Crippen LogP contribution in [0.2, 0.25) is 0 Å². The van der Waals surface area contributed by atoms with Crippen LogP contribution in [0.25, 0.3) is 28.0 Å². The summed E-state index contributed by atoms with van der Waals surface area (Å²) >= 11 is 0. The van der Waals surface area contributed by atoms with Gasteiger partial charge < -0.3 is 11.1 Å². The maximum absolute atomic E-state index is 12.7. The van der Waals surface area contributed by atoms with Gasteiger partial charge in [-0.1, -0.05) is 36.4 Å². The monoisotopic (exact) mass is 450 g/mol. The van der Waals surface area contributed by atoms with E-state index in [0.29, 0.717) is 34.4 Å². The van der Waals surface area contributed by atoms with Crippen LogP contribution in [0.15, 0.2) is 54.9 Å². The van der Waals surface area contributed by atoms with E-state index in [0.717, 1.165) is 47.5 Å². The number of hydrogen-bond acceptors (Lipinski definition) is 6. The minimum atomic E-state index is -0.0489. The Balaban J connectivity index is 1.32. The van der Waals surface area contributed by atoms with Crippen molar-refractivity contribution in [3.63, 3.8) is 0 Å². The van der Waals surface area contributed by atoms with Crippen LogP contribution in [-0.4, -0.2) is 37.4 Å². The second kappa shape index (κ2) is 6.96. The van der Waals surface area contributed by atoms with Gasteiger partial charge in [0.1, 0.15) is 5.82 Å². The third-order valence-electron chi connectivity index (χ3n) is 8.29. The second-order valence-electron chi connectivity index (χ2n) is 10.1. The van der Waals surface area contributed by atoms with Crippen LogP contribution in [0.4, 0.5) is 5.82 Å². The average molecular weight is 451 g/mol. The number of hydrogen-bond donors (Lipinski definition) is 2. The fourth-order valence-electron chi connectivity index (χ4n) is 6.39. The summed E-state index contributed by atoms with van der Waals surface area (Å²) in [5, 5.41) is 8.16. The summed E-state index contributed by atoms with van der Waals surface area (Å²) in [6.07, 6.45) is 6.99. The molecule has 3 N–H and O–H groups in total. The normalized spacial score (nSPS) is 27.0. The first kappa shape index (κ1) is 19.9. The maximum atomic E-state index is 12.7. The number of rotatable bonds is 4. The van der Waals surface area contributed by atoms with E-state index in [1.165, 1.54) is 6.42 Å². The molecule has 0 bridgehead atoms. The van der Waals surface area contributed by atoms with Crippen LogP contribution in [0.1, 0.15) is 48.2 Å². The molecule has 1 aliphatic heterocycles. The van der Waals surface area contributed by atoms with E-state index in [1.54, 1.807) is 17.6 Å². The molecule has 3 fully saturated rings. The summed E-state index contributed by atoms with van der Waals surface area (Å²) in [7, 11) is 0. The Morgan fingerprint density at radius 2 is 1.91 bits per heavy atom. The van der Waals surface area contributed by atoms with Crippen molar-refractivity contribution >= 4 is 17.2 Å². The topological polar surface area (TPSA) is 98.2 Å². The Morgan fingerprint density at radius 3 is 2.59 bits per heavy atom.